The zero-order chi connectivity index (χ0) is 13.2. The van der Waals surface area contributed by atoms with Gasteiger partial charge in [0, 0.05) is 12.6 Å². The van der Waals surface area contributed by atoms with Gasteiger partial charge in [-0.25, -0.2) is 0 Å². The fraction of sp³-hybridized carbons (Fsp3) is 0.571. The minimum atomic E-state index is 0.0836. The van der Waals surface area contributed by atoms with Crippen LogP contribution in [0.15, 0.2) is 30.3 Å². The summed E-state index contributed by atoms with van der Waals surface area (Å²) in [4.78, 5) is 0. The Bertz CT molecular complexity index is 305. The Morgan fingerprint density at radius 1 is 1.06 bits per heavy atom. The van der Waals surface area contributed by atoms with E-state index in [-0.39, 0.29) is 6.04 Å². The molecular formula is C14H25N3O. The van der Waals surface area contributed by atoms with Crippen LogP contribution < -0.4 is 17.2 Å². The molecule has 0 bridgehead atoms. The van der Waals surface area contributed by atoms with Crippen molar-refractivity contribution >= 4 is 0 Å². The summed E-state index contributed by atoms with van der Waals surface area (Å²) >= 11 is 0. The SMILES string of the molecule is NCC[C@H](N)C(CN)CCOCc1ccccc1. The Morgan fingerprint density at radius 3 is 2.39 bits per heavy atom. The van der Waals surface area contributed by atoms with E-state index in [1.807, 2.05) is 18.2 Å². The second kappa shape index (κ2) is 9.05. The maximum absolute atomic E-state index is 6.02. The Kier molecular flexibility index (Phi) is 7.60. The molecule has 0 heterocycles. The zero-order valence-electron chi connectivity index (χ0n) is 10.9. The van der Waals surface area contributed by atoms with E-state index in [0.29, 0.717) is 32.2 Å². The first kappa shape index (κ1) is 15.1. The van der Waals surface area contributed by atoms with Gasteiger partial charge in [0.15, 0.2) is 0 Å². The molecule has 0 aromatic heterocycles. The fourth-order valence-corrected chi connectivity index (χ4v) is 1.93. The van der Waals surface area contributed by atoms with Gasteiger partial charge in [0.25, 0.3) is 0 Å². The molecule has 4 nitrogen and oxygen atoms in total. The molecular weight excluding hydrogens is 226 g/mol. The molecule has 0 saturated heterocycles. The summed E-state index contributed by atoms with van der Waals surface area (Å²) < 4.78 is 5.64. The molecule has 6 N–H and O–H groups in total. The highest BCUT2D eigenvalue weighted by Crippen LogP contribution is 2.09. The second-order valence-electron chi connectivity index (χ2n) is 4.56. The van der Waals surface area contributed by atoms with Crippen molar-refractivity contribution in [2.75, 3.05) is 19.7 Å². The zero-order valence-corrected chi connectivity index (χ0v) is 10.9. The molecule has 0 amide bonds. The molecule has 0 aliphatic rings. The van der Waals surface area contributed by atoms with Crippen LogP contribution in [-0.4, -0.2) is 25.7 Å². The monoisotopic (exact) mass is 251 g/mol. The van der Waals surface area contributed by atoms with Crippen molar-refractivity contribution in [3.8, 4) is 0 Å². The van der Waals surface area contributed by atoms with Crippen LogP contribution in [0.1, 0.15) is 18.4 Å². The summed E-state index contributed by atoms with van der Waals surface area (Å²) in [6, 6.07) is 10.2. The number of hydrogen-bond acceptors (Lipinski definition) is 4. The normalized spacial score (nSPS) is 14.4. The van der Waals surface area contributed by atoms with Crippen LogP contribution in [0.25, 0.3) is 0 Å². The first-order chi connectivity index (χ1) is 8.77. The van der Waals surface area contributed by atoms with Gasteiger partial charge in [0.1, 0.15) is 0 Å². The smallest absolute Gasteiger partial charge is 0.0716 e. The minimum absolute atomic E-state index is 0.0836. The molecule has 1 rings (SSSR count). The maximum Gasteiger partial charge on any atom is 0.0716 e. The molecule has 0 radical (unpaired) electrons. The van der Waals surface area contributed by atoms with Crippen LogP contribution >= 0.6 is 0 Å². The van der Waals surface area contributed by atoms with Gasteiger partial charge in [-0.05, 0) is 37.4 Å². The molecule has 1 aromatic rings. The highest BCUT2D eigenvalue weighted by atomic mass is 16.5. The molecule has 0 aliphatic heterocycles. The predicted molar refractivity (Wildman–Crippen MR) is 74.9 cm³/mol. The third-order valence-electron chi connectivity index (χ3n) is 3.15. The number of rotatable bonds is 9. The van der Waals surface area contributed by atoms with Crippen molar-refractivity contribution in [3.63, 3.8) is 0 Å². The minimum Gasteiger partial charge on any atom is -0.377 e. The Morgan fingerprint density at radius 2 is 1.78 bits per heavy atom. The van der Waals surface area contributed by atoms with Crippen molar-refractivity contribution in [2.24, 2.45) is 23.1 Å². The molecule has 1 aromatic carbocycles. The average Bonchev–Trinajstić information content (AvgIpc) is 2.40. The number of benzene rings is 1. The lowest BCUT2D eigenvalue weighted by Gasteiger charge is -2.21. The largest absolute Gasteiger partial charge is 0.377 e. The summed E-state index contributed by atoms with van der Waals surface area (Å²) in [5, 5.41) is 0. The van der Waals surface area contributed by atoms with Crippen molar-refractivity contribution < 1.29 is 4.74 Å². The summed E-state index contributed by atoms with van der Waals surface area (Å²) in [5.41, 5.74) is 18.4. The molecule has 1 unspecified atom stereocenters. The van der Waals surface area contributed by atoms with Crippen molar-refractivity contribution in [1.29, 1.82) is 0 Å². The van der Waals surface area contributed by atoms with E-state index in [4.69, 9.17) is 21.9 Å². The van der Waals surface area contributed by atoms with E-state index in [2.05, 4.69) is 12.1 Å². The summed E-state index contributed by atoms with van der Waals surface area (Å²) in [7, 11) is 0. The quantitative estimate of drug-likeness (QED) is 0.568. The van der Waals surface area contributed by atoms with Gasteiger partial charge in [-0.3, -0.25) is 0 Å². The van der Waals surface area contributed by atoms with Crippen molar-refractivity contribution in [3.05, 3.63) is 35.9 Å². The van der Waals surface area contributed by atoms with Gasteiger partial charge in [0.05, 0.1) is 6.61 Å². The van der Waals surface area contributed by atoms with E-state index in [9.17, 15) is 0 Å². The van der Waals surface area contributed by atoms with Gasteiger partial charge >= 0.3 is 0 Å². The van der Waals surface area contributed by atoms with Gasteiger partial charge in [-0.1, -0.05) is 30.3 Å². The molecule has 4 heteroatoms. The van der Waals surface area contributed by atoms with E-state index >= 15 is 0 Å². The highest BCUT2D eigenvalue weighted by Gasteiger charge is 2.15. The molecule has 0 saturated carbocycles. The van der Waals surface area contributed by atoms with Crippen LogP contribution in [0.5, 0.6) is 0 Å². The lowest BCUT2D eigenvalue weighted by molar-refractivity contribution is 0.104. The molecule has 0 aliphatic carbocycles. The number of hydrogen-bond donors (Lipinski definition) is 3. The summed E-state index contributed by atoms with van der Waals surface area (Å²) in [6.45, 7) is 2.54. The highest BCUT2D eigenvalue weighted by molar-refractivity contribution is 5.13. The van der Waals surface area contributed by atoms with Crippen LogP contribution in [0.3, 0.4) is 0 Å². The standard InChI is InChI=1S/C14H25N3O/c15-8-6-14(17)13(10-16)7-9-18-11-12-4-2-1-3-5-12/h1-5,13-14H,6-11,15-17H2/t13?,14-/m0/s1. The first-order valence-corrected chi connectivity index (χ1v) is 6.55. The fourth-order valence-electron chi connectivity index (χ4n) is 1.93. The molecule has 0 spiro atoms. The first-order valence-electron chi connectivity index (χ1n) is 6.55. The number of ether oxygens (including phenoxy) is 1. The third-order valence-corrected chi connectivity index (χ3v) is 3.15. The van der Waals surface area contributed by atoms with Crippen molar-refractivity contribution in [1.82, 2.24) is 0 Å². The topological polar surface area (TPSA) is 87.3 Å². The molecule has 2 atom stereocenters. The molecule has 0 fully saturated rings. The predicted octanol–water partition coefficient (Wildman–Crippen LogP) is 0.844. The third kappa shape index (κ3) is 5.60. The Labute approximate surface area is 109 Å². The lowest BCUT2D eigenvalue weighted by atomic mass is 9.95. The van der Waals surface area contributed by atoms with Crippen molar-refractivity contribution in [2.45, 2.75) is 25.5 Å². The van der Waals surface area contributed by atoms with E-state index in [0.717, 1.165) is 12.8 Å². The van der Waals surface area contributed by atoms with E-state index in [1.54, 1.807) is 0 Å². The summed E-state index contributed by atoms with van der Waals surface area (Å²) in [6.07, 6.45) is 1.71. The van der Waals surface area contributed by atoms with Gasteiger partial charge < -0.3 is 21.9 Å². The van der Waals surface area contributed by atoms with Gasteiger partial charge in [-0.2, -0.15) is 0 Å². The second-order valence-corrected chi connectivity index (χ2v) is 4.56. The van der Waals surface area contributed by atoms with Crippen LogP contribution in [0.2, 0.25) is 0 Å². The summed E-state index contributed by atoms with van der Waals surface area (Å²) in [5.74, 6) is 0.296. The van der Waals surface area contributed by atoms with Crippen LogP contribution in [0, 0.1) is 5.92 Å². The Balaban J connectivity index is 2.19. The molecule has 18 heavy (non-hydrogen) atoms. The molecule has 102 valence electrons. The average molecular weight is 251 g/mol. The van der Waals surface area contributed by atoms with Crippen LogP contribution in [-0.2, 0) is 11.3 Å². The van der Waals surface area contributed by atoms with E-state index in [1.165, 1.54) is 5.56 Å². The van der Waals surface area contributed by atoms with Gasteiger partial charge in [-0.15, -0.1) is 0 Å². The van der Waals surface area contributed by atoms with Crippen LogP contribution in [0.4, 0.5) is 0 Å². The number of nitrogens with two attached hydrogens (primary N) is 3. The van der Waals surface area contributed by atoms with Gasteiger partial charge in [0.2, 0.25) is 0 Å². The van der Waals surface area contributed by atoms with E-state index < -0.39 is 0 Å². The maximum atomic E-state index is 6.02. The lowest BCUT2D eigenvalue weighted by Crippen LogP contribution is -2.37. The Hall–Kier alpha value is -0.940.